The fourth-order valence-corrected chi connectivity index (χ4v) is 49.0. The van der Waals surface area contributed by atoms with Gasteiger partial charge in [-0.2, -0.15) is 0 Å². The van der Waals surface area contributed by atoms with Crippen LogP contribution in [0.4, 0.5) is 0 Å². The van der Waals surface area contributed by atoms with E-state index in [0.29, 0.717) is 7.35 Å². The maximum absolute atomic E-state index is 4.91. The van der Waals surface area contributed by atoms with Crippen LogP contribution in [0, 0.1) is 27.7 Å². The van der Waals surface area contributed by atoms with Crippen molar-refractivity contribution in [2.24, 2.45) is 0 Å². The molecular formula is C41H50HfSi. The molecule has 4 aromatic carbocycles. The summed E-state index contributed by atoms with van der Waals surface area (Å²) in [5.74, 6) is 0. The summed E-state index contributed by atoms with van der Waals surface area (Å²) in [7, 11) is 0. The van der Waals surface area contributed by atoms with Gasteiger partial charge in [0, 0.05) is 0 Å². The van der Waals surface area contributed by atoms with E-state index < -0.39 is 14.2 Å². The van der Waals surface area contributed by atoms with Gasteiger partial charge in [-0.05, 0) is 0 Å². The number of unbranched alkanes of at least 4 members (excludes halogenated alkanes) is 1. The van der Waals surface area contributed by atoms with Crippen LogP contribution in [0.3, 0.4) is 0 Å². The van der Waals surface area contributed by atoms with Crippen molar-refractivity contribution in [2.45, 2.75) is 73.0 Å². The second kappa shape index (κ2) is 9.24. The van der Waals surface area contributed by atoms with Gasteiger partial charge in [0.2, 0.25) is 0 Å². The van der Waals surface area contributed by atoms with Crippen molar-refractivity contribution in [1.29, 1.82) is 0 Å². The Hall–Kier alpha value is -2.55. The molecule has 0 aromatic heterocycles. The molecule has 2 aliphatic carbocycles. The summed E-state index contributed by atoms with van der Waals surface area (Å²) in [6.07, 6.45) is 12.8. The quantitative estimate of drug-likeness (QED) is 0.165. The average molecular weight is 749 g/mol. The minimum absolute atomic E-state index is 0.431. The van der Waals surface area contributed by atoms with Crippen molar-refractivity contribution in [1.82, 2.24) is 0 Å². The van der Waals surface area contributed by atoms with Gasteiger partial charge in [-0.1, -0.05) is 0 Å². The zero-order chi connectivity index (χ0) is 30.9. The van der Waals surface area contributed by atoms with Crippen molar-refractivity contribution in [3.05, 3.63) is 129 Å². The van der Waals surface area contributed by atoms with Gasteiger partial charge in [0.05, 0.1) is 0 Å². The molecule has 6 rings (SSSR count). The van der Waals surface area contributed by atoms with Gasteiger partial charge in [0.1, 0.15) is 0 Å². The van der Waals surface area contributed by atoms with Crippen LogP contribution < -0.4 is 0 Å². The number of benzene rings is 4. The van der Waals surface area contributed by atoms with E-state index in [1.165, 1.54) is 72.7 Å². The topological polar surface area (TPSA) is 0 Å². The van der Waals surface area contributed by atoms with E-state index in [-0.39, 0.29) is 0 Å². The molecule has 0 fully saturated rings. The molecule has 0 bridgehead atoms. The number of rotatable bonds is 7. The van der Waals surface area contributed by atoms with Gasteiger partial charge >= 0.3 is 258 Å². The number of hydrogen-bond donors (Lipinski definition) is 0. The van der Waals surface area contributed by atoms with Crippen molar-refractivity contribution in [3.63, 3.8) is 0 Å². The zero-order valence-corrected chi connectivity index (χ0v) is 32.7. The van der Waals surface area contributed by atoms with Gasteiger partial charge in [-0.3, -0.25) is 0 Å². The van der Waals surface area contributed by atoms with Gasteiger partial charge in [0.15, 0.2) is 0 Å². The molecule has 0 saturated heterocycles. The van der Waals surface area contributed by atoms with Gasteiger partial charge in [0.25, 0.3) is 0 Å². The minimum atomic E-state index is -4.91. The average Bonchev–Trinajstić information content (AvgIpc) is 3.58. The third kappa shape index (κ3) is 4.79. The molecule has 0 spiro atoms. The van der Waals surface area contributed by atoms with Gasteiger partial charge in [-0.15, -0.1) is 0 Å². The van der Waals surface area contributed by atoms with E-state index in [4.69, 9.17) is 0 Å². The van der Waals surface area contributed by atoms with Crippen LogP contribution in [0.2, 0.25) is 18.2 Å². The maximum atomic E-state index is 2.83. The molecule has 0 radical (unpaired) electrons. The van der Waals surface area contributed by atoms with E-state index in [1.54, 1.807) is 11.1 Å². The summed E-state index contributed by atoms with van der Waals surface area (Å²) < 4.78 is 10.7. The number of hydrogen-bond acceptors (Lipinski definition) is 0. The van der Waals surface area contributed by atoms with Crippen LogP contribution in [0.15, 0.2) is 84.9 Å². The molecule has 2 heteroatoms. The predicted molar refractivity (Wildman–Crippen MR) is 192 cm³/mol. The third-order valence-corrected chi connectivity index (χ3v) is 57.8. The standard InChI is InChI=1S/2C17H15.C4H9.3CH3.Hf.H2Si/c2*1-12-9-13(2)11-15(10-12)17-8-4-6-14-5-3-7-16(14)17;1-3-4-2;;;;;/h2*3-11H,1-2H3;1,3-4H2,2H3;3*1H3;;1H2. The van der Waals surface area contributed by atoms with Crippen molar-refractivity contribution in [2.75, 3.05) is 0 Å². The van der Waals surface area contributed by atoms with E-state index >= 15 is 0 Å². The van der Waals surface area contributed by atoms with Crippen LogP contribution >= 0.6 is 0 Å². The Morgan fingerprint density at radius 1 is 0.605 bits per heavy atom. The molecular weight excluding hydrogens is 699 g/mol. The molecule has 0 N–H and O–H groups in total. The normalized spacial score (nSPS) is 19.8. The Balaban J connectivity index is 1.58. The van der Waals surface area contributed by atoms with Crippen molar-refractivity contribution >= 4 is 19.1 Å². The molecule has 0 heterocycles. The van der Waals surface area contributed by atoms with Gasteiger partial charge < -0.3 is 0 Å². The monoisotopic (exact) mass is 750 g/mol. The first-order valence-corrected chi connectivity index (χ1v) is 42.2. The summed E-state index contributed by atoms with van der Waals surface area (Å²) in [5, 5.41) is 0. The van der Waals surface area contributed by atoms with Crippen molar-refractivity contribution < 1.29 is 14.2 Å². The molecule has 43 heavy (non-hydrogen) atoms. The summed E-state index contributed by atoms with van der Waals surface area (Å²) >= 11 is -4.91. The Morgan fingerprint density at radius 2 is 1.00 bits per heavy atom. The third-order valence-electron chi connectivity index (χ3n) is 11.8. The van der Waals surface area contributed by atoms with Gasteiger partial charge in [-0.25, -0.2) is 0 Å². The molecule has 2 atom stereocenters. The number of aryl methyl sites for hydroxylation is 4. The zero-order valence-electron chi connectivity index (χ0n) is 27.7. The first-order chi connectivity index (χ1) is 20.1. The Bertz CT molecular complexity index is 1830. The fraction of sp³-hybridized carbons (Fsp3) is 0.317. The summed E-state index contributed by atoms with van der Waals surface area (Å²) in [5.41, 5.74) is 16.7. The fourth-order valence-electron chi connectivity index (χ4n) is 9.49. The van der Waals surface area contributed by atoms with E-state index in [0.717, 1.165) is 0 Å². The predicted octanol–water partition coefficient (Wildman–Crippen LogP) is 11.8. The molecule has 4 aromatic rings. The molecule has 0 saturated carbocycles. The molecule has 0 nitrogen and oxygen atoms in total. The Labute approximate surface area is 256 Å². The second-order valence-electron chi connectivity index (χ2n) is 17.7. The Morgan fingerprint density at radius 3 is 1.37 bits per heavy atom. The molecule has 2 aliphatic rings. The first-order valence-electron chi connectivity index (χ1n) is 16.4. The van der Waals surface area contributed by atoms with Crippen LogP contribution in [-0.2, 0) is 14.2 Å². The molecule has 0 amide bonds. The molecule has 222 valence electrons. The number of fused-ring (bicyclic) bond motifs is 2. The second-order valence-corrected chi connectivity index (χ2v) is 99.5. The molecule has 0 aliphatic heterocycles. The SMILES string of the molecule is CCC[CH2][Hf]([CH3])([CH3])([CH3])(=[SiH2])([CH]1C=Cc2c(-c3cc(C)cc(C)c3)cccc21)[CH]1C=Cc2c(-c3cc(C)cc(C)c3)cccc21. The van der Waals surface area contributed by atoms with Crippen LogP contribution in [0.1, 0.15) is 71.6 Å². The Kier molecular flexibility index (Phi) is 6.55. The molecule has 2 unspecified atom stereocenters. The van der Waals surface area contributed by atoms with Crippen LogP contribution in [0.25, 0.3) is 34.4 Å². The van der Waals surface area contributed by atoms with Crippen LogP contribution in [0.5, 0.6) is 0 Å². The van der Waals surface area contributed by atoms with E-state index in [2.05, 4.69) is 153 Å². The summed E-state index contributed by atoms with van der Waals surface area (Å²) in [6, 6.07) is 28.3. The van der Waals surface area contributed by atoms with Crippen LogP contribution in [-0.4, -0.2) is 6.94 Å². The summed E-state index contributed by atoms with van der Waals surface area (Å²) in [4.78, 5) is 0. The van der Waals surface area contributed by atoms with E-state index in [9.17, 15) is 0 Å². The number of allylic oxidation sites excluding steroid dienone is 2. The van der Waals surface area contributed by atoms with E-state index in [1.807, 2.05) is 0 Å². The van der Waals surface area contributed by atoms with Crippen molar-refractivity contribution in [3.8, 4) is 22.3 Å². The first kappa shape index (κ1) is 30.5. The summed E-state index contributed by atoms with van der Waals surface area (Å²) in [6.45, 7) is 13.7.